The smallest absolute Gasteiger partial charge is 0.155 e. The first-order valence-corrected chi connectivity index (χ1v) is 2.91. The Labute approximate surface area is 57.3 Å². The minimum Gasteiger partial charge on any atom is -0.396 e. The molecule has 0 radical (unpaired) electrons. The van der Waals surface area contributed by atoms with Crippen LogP contribution in [0.2, 0.25) is 0 Å². The topological polar surface area (TPSA) is 56.2 Å². The minimum absolute atomic E-state index is 0.621. The van der Waals surface area contributed by atoms with Crippen molar-refractivity contribution in [2.45, 2.75) is 0 Å². The fourth-order valence-corrected chi connectivity index (χ4v) is 0.824. The van der Waals surface area contributed by atoms with Gasteiger partial charge in [-0.05, 0) is 0 Å². The van der Waals surface area contributed by atoms with Crippen LogP contribution in [0.25, 0.3) is 5.65 Å². The van der Waals surface area contributed by atoms with Crippen molar-refractivity contribution in [2.75, 3.05) is 5.73 Å². The Morgan fingerprint density at radius 2 is 2.40 bits per heavy atom. The van der Waals surface area contributed by atoms with Gasteiger partial charge < -0.3 is 5.73 Å². The summed E-state index contributed by atoms with van der Waals surface area (Å²) in [7, 11) is 0. The molecule has 0 aliphatic rings. The highest BCUT2D eigenvalue weighted by molar-refractivity contribution is 5.42. The number of hydrogen-bond acceptors (Lipinski definition) is 3. The first kappa shape index (κ1) is 5.22. The lowest BCUT2D eigenvalue weighted by Crippen LogP contribution is -1.93. The number of nitrogens with two attached hydrogens (primary N) is 1. The van der Waals surface area contributed by atoms with Crippen LogP contribution in [-0.2, 0) is 0 Å². The molecule has 0 spiro atoms. The predicted octanol–water partition coefficient (Wildman–Crippen LogP) is 0.312. The van der Waals surface area contributed by atoms with Gasteiger partial charge in [0.2, 0.25) is 0 Å². The van der Waals surface area contributed by atoms with Crippen molar-refractivity contribution in [1.82, 2.24) is 14.6 Å². The molecule has 2 aromatic rings. The zero-order valence-electron chi connectivity index (χ0n) is 5.23. The molecule has 50 valence electrons. The van der Waals surface area contributed by atoms with E-state index in [1.807, 2.05) is 6.07 Å². The van der Waals surface area contributed by atoms with Gasteiger partial charge in [-0.2, -0.15) is 5.10 Å². The van der Waals surface area contributed by atoms with Crippen LogP contribution in [0.15, 0.2) is 24.7 Å². The van der Waals surface area contributed by atoms with E-state index in [1.165, 1.54) is 0 Å². The van der Waals surface area contributed by atoms with Crippen molar-refractivity contribution in [3.05, 3.63) is 24.7 Å². The molecule has 0 unspecified atom stereocenters. The highest BCUT2D eigenvalue weighted by Crippen LogP contribution is 2.00. The second kappa shape index (κ2) is 1.70. The van der Waals surface area contributed by atoms with Gasteiger partial charge in [0.05, 0.1) is 24.3 Å². The summed E-state index contributed by atoms with van der Waals surface area (Å²) in [6.45, 7) is 0. The van der Waals surface area contributed by atoms with Gasteiger partial charge in [0.25, 0.3) is 0 Å². The molecule has 0 atom stereocenters. The summed E-state index contributed by atoms with van der Waals surface area (Å²) in [6.07, 6.45) is 5.01. The molecular weight excluding hydrogens is 128 g/mol. The van der Waals surface area contributed by atoms with Crippen molar-refractivity contribution < 1.29 is 0 Å². The fourth-order valence-electron chi connectivity index (χ4n) is 0.824. The molecule has 2 heterocycles. The van der Waals surface area contributed by atoms with Crippen molar-refractivity contribution in [1.29, 1.82) is 0 Å². The Bertz CT molecular complexity index is 351. The normalized spacial score (nSPS) is 10.4. The number of hydrogen-bond donors (Lipinski definition) is 1. The average Bonchev–Trinajstić information content (AvgIpc) is 2.33. The Morgan fingerprint density at radius 1 is 1.50 bits per heavy atom. The number of aromatic nitrogens is 3. The molecular formula is C6H6N4. The molecule has 10 heavy (non-hydrogen) atoms. The van der Waals surface area contributed by atoms with Crippen LogP contribution >= 0.6 is 0 Å². The quantitative estimate of drug-likeness (QED) is 0.564. The third-order valence-corrected chi connectivity index (χ3v) is 1.27. The number of anilines is 1. The van der Waals surface area contributed by atoms with Crippen LogP contribution < -0.4 is 5.73 Å². The maximum Gasteiger partial charge on any atom is 0.155 e. The van der Waals surface area contributed by atoms with Crippen LogP contribution in [0, 0.1) is 0 Å². The van der Waals surface area contributed by atoms with Gasteiger partial charge in [-0.1, -0.05) is 0 Å². The van der Waals surface area contributed by atoms with E-state index in [-0.39, 0.29) is 0 Å². The summed E-state index contributed by atoms with van der Waals surface area (Å²) in [5.74, 6) is 0. The monoisotopic (exact) mass is 134 g/mol. The maximum absolute atomic E-state index is 5.46. The second-order valence-electron chi connectivity index (χ2n) is 2.02. The predicted molar refractivity (Wildman–Crippen MR) is 37.4 cm³/mol. The summed E-state index contributed by atoms with van der Waals surface area (Å²) in [4.78, 5) is 4.02. The van der Waals surface area contributed by atoms with E-state index in [1.54, 1.807) is 23.1 Å². The highest BCUT2D eigenvalue weighted by Gasteiger charge is 1.91. The lowest BCUT2D eigenvalue weighted by atomic mass is 10.5. The molecule has 2 N–H and O–H groups in total. The maximum atomic E-state index is 5.46. The van der Waals surface area contributed by atoms with Crippen molar-refractivity contribution in [3.8, 4) is 0 Å². The van der Waals surface area contributed by atoms with Gasteiger partial charge in [-0.25, -0.2) is 9.50 Å². The molecule has 0 aliphatic heterocycles. The molecule has 0 fully saturated rings. The molecule has 0 saturated carbocycles. The SMILES string of the molecule is Nc1cnc2ccnn2c1. The fraction of sp³-hybridized carbons (Fsp3) is 0. The van der Waals surface area contributed by atoms with Crippen molar-refractivity contribution in [3.63, 3.8) is 0 Å². The molecule has 2 rings (SSSR count). The summed E-state index contributed by atoms with van der Waals surface area (Å²) in [6, 6.07) is 1.82. The molecule has 0 aromatic carbocycles. The van der Waals surface area contributed by atoms with E-state index in [9.17, 15) is 0 Å². The molecule has 0 saturated heterocycles. The number of fused-ring (bicyclic) bond motifs is 1. The zero-order valence-corrected chi connectivity index (χ0v) is 5.23. The summed E-state index contributed by atoms with van der Waals surface area (Å²) in [5, 5.41) is 3.95. The summed E-state index contributed by atoms with van der Waals surface area (Å²) in [5.41, 5.74) is 6.90. The van der Waals surface area contributed by atoms with Gasteiger partial charge in [-0.15, -0.1) is 0 Å². The average molecular weight is 134 g/mol. The van der Waals surface area contributed by atoms with E-state index in [0.29, 0.717) is 5.69 Å². The van der Waals surface area contributed by atoms with Gasteiger partial charge in [-0.3, -0.25) is 0 Å². The van der Waals surface area contributed by atoms with E-state index >= 15 is 0 Å². The van der Waals surface area contributed by atoms with Crippen molar-refractivity contribution >= 4 is 11.3 Å². The van der Waals surface area contributed by atoms with Crippen LogP contribution in [0.3, 0.4) is 0 Å². The standard InChI is InChI=1S/C6H6N4/c7-5-3-8-6-1-2-9-10(6)4-5/h1-4H,7H2. The molecule has 0 aliphatic carbocycles. The van der Waals surface area contributed by atoms with E-state index < -0.39 is 0 Å². The van der Waals surface area contributed by atoms with Crippen LogP contribution in [0.4, 0.5) is 5.69 Å². The minimum atomic E-state index is 0.621. The Morgan fingerprint density at radius 3 is 3.30 bits per heavy atom. The lowest BCUT2D eigenvalue weighted by molar-refractivity contribution is 0.942. The first-order valence-electron chi connectivity index (χ1n) is 2.91. The Balaban J connectivity index is 2.86. The molecule has 0 bridgehead atoms. The Kier molecular flexibility index (Phi) is 0.887. The zero-order chi connectivity index (χ0) is 6.97. The van der Waals surface area contributed by atoms with Crippen molar-refractivity contribution in [2.24, 2.45) is 0 Å². The molecule has 2 aromatic heterocycles. The van der Waals surface area contributed by atoms with E-state index in [2.05, 4.69) is 10.1 Å². The highest BCUT2D eigenvalue weighted by atomic mass is 15.2. The Hall–Kier alpha value is -1.58. The van der Waals surface area contributed by atoms with Gasteiger partial charge in [0, 0.05) is 6.07 Å². The van der Waals surface area contributed by atoms with E-state index in [4.69, 9.17) is 5.73 Å². The first-order chi connectivity index (χ1) is 4.86. The van der Waals surface area contributed by atoms with Crippen LogP contribution in [0.1, 0.15) is 0 Å². The summed E-state index contributed by atoms with van der Waals surface area (Å²) < 4.78 is 1.63. The van der Waals surface area contributed by atoms with E-state index in [0.717, 1.165) is 5.65 Å². The second-order valence-corrected chi connectivity index (χ2v) is 2.02. The lowest BCUT2D eigenvalue weighted by Gasteiger charge is -1.92. The third-order valence-electron chi connectivity index (χ3n) is 1.27. The van der Waals surface area contributed by atoms with Crippen LogP contribution in [-0.4, -0.2) is 14.6 Å². The van der Waals surface area contributed by atoms with Crippen LogP contribution in [0.5, 0.6) is 0 Å². The van der Waals surface area contributed by atoms with Gasteiger partial charge in [0.15, 0.2) is 5.65 Å². The molecule has 4 nitrogen and oxygen atoms in total. The molecule has 4 heteroatoms. The number of nitrogen functional groups attached to an aromatic ring is 1. The van der Waals surface area contributed by atoms with Gasteiger partial charge >= 0.3 is 0 Å². The number of rotatable bonds is 0. The van der Waals surface area contributed by atoms with Gasteiger partial charge in [0.1, 0.15) is 0 Å². The third kappa shape index (κ3) is 0.621. The number of nitrogens with zero attached hydrogens (tertiary/aromatic N) is 3. The largest absolute Gasteiger partial charge is 0.396 e. The summed E-state index contributed by atoms with van der Waals surface area (Å²) >= 11 is 0. The molecule has 0 amide bonds.